The maximum atomic E-state index is 13.9. The van der Waals surface area contributed by atoms with E-state index < -0.39 is 18.1 Å². The van der Waals surface area contributed by atoms with Gasteiger partial charge in [0.15, 0.2) is 0 Å². The molecular weight excluding hydrogens is 1140 g/mol. The number of benzene rings is 3. The molecule has 3 fully saturated rings. The third-order valence-corrected chi connectivity index (χ3v) is 17.7. The molecule has 0 aliphatic carbocycles. The Kier molecular flexibility index (Phi) is 22.0. The summed E-state index contributed by atoms with van der Waals surface area (Å²) in [5, 5.41) is 30.4. The topological polar surface area (TPSA) is 240 Å². The third-order valence-electron chi connectivity index (χ3n) is 16.7. The quantitative estimate of drug-likeness (QED) is 0.0336. The molecule has 472 valence electrons. The number of nitrogens with zero attached hydrogens (tertiary/aromatic N) is 9. The van der Waals surface area contributed by atoms with Crippen molar-refractivity contribution in [2.45, 2.75) is 104 Å². The van der Waals surface area contributed by atoms with Crippen LogP contribution in [-0.4, -0.2) is 199 Å². The highest BCUT2D eigenvalue weighted by atomic mass is 32.1. The Hall–Kier alpha value is -7.25. The lowest BCUT2D eigenvalue weighted by molar-refractivity contribution is -0.141. The standard InChI is InChI=1S/C65H84N10O12S/c1-7-59(78)72-20-22-73(23-21-72)62-53-16-19-74(55-35-49(76)33-46-10-8-9-11-52(46)55)40-54(53)68-65(69-62)86-44(5)38-71-17-14-51(15-18-71)84-30-28-82-26-24-81-25-27-83-29-31-85-57-34-47(61-45(6)67-41-88-61)12-13-48(57)37-66-63(79)56-36-50(77)39-75(56)64(80)60(42(2)3)58-32-43(4)70-87-58/h7-13,32-35,41-42,44,50-51,56,60,76-77H,1,14-31,36-40H2,2-6H3,(H,66,79)/t44-,50-,56+,60+/m1/s1. The van der Waals surface area contributed by atoms with Crippen molar-refractivity contribution in [3.63, 3.8) is 0 Å². The highest BCUT2D eigenvalue weighted by molar-refractivity contribution is 7.13. The molecule has 88 heavy (non-hydrogen) atoms. The predicted molar refractivity (Wildman–Crippen MR) is 334 cm³/mol. The monoisotopic (exact) mass is 1230 g/mol. The summed E-state index contributed by atoms with van der Waals surface area (Å²) in [5.41, 5.74) is 8.02. The first kappa shape index (κ1) is 63.8. The smallest absolute Gasteiger partial charge is 0.318 e. The molecule has 6 aromatic rings. The minimum Gasteiger partial charge on any atom is -0.508 e. The zero-order valence-electron chi connectivity index (χ0n) is 51.3. The minimum absolute atomic E-state index is 0.0478. The summed E-state index contributed by atoms with van der Waals surface area (Å²) < 4.78 is 42.0. The van der Waals surface area contributed by atoms with Crippen LogP contribution in [0.1, 0.15) is 79.9 Å². The number of aliphatic hydroxyl groups is 1. The number of fused-ring (bicyclic) bond motifs is 2. The summed E-state index contributed by atoms with van der Waals surface area (Å²) in [6.45, 7) is 22.9. The molecule has 0 unspecified atom stereocenters. The number of hydrogen-bond acceptors (Lipinski definition) is 20. The van der Waals surface area contributed by atoms with Gasteiger partial charge in [-0.05, 0) is 75.1 Å². The lowest BCUT2D eigenvalue weighted by atomic mass is 9.91. The van der Waals surface area contributed by atoms with E-state index >= 15 is 0 Å². The Bertz CT molecular complexity index is 3330. The van der Waals surface area contributed by atoms with Crippen LogP contribution in [0.4, 0.5) is 11.5 Å². The second kappa shape index (κ2) is 30.3. The zero-order valence-corrected chi connectivity index (χ0v) is 52.1. The highest BCUT2D eigenvalue weighted by Crippen LogP contribution is 2.38. The van der Waals surface area contributed by atoms with Gasteiger partial charge in [-0.25, -0.2) is 4.98 Å². The van der Waals surface area contributed by atoms with Crippen molar-refractivity contribution in [1.82, 2.24) is 40.1 Å². The van der Waals surface area contributed by atoms with Gasteiger partial charge in [-0.15, -0.1) is 11.3 Å². The van der Waals surface area contributed by atoms with Crippen LogP contribution in [0.25, 0.3) is 21.2 Å². The second-order valence-corrected chi connectivity index (χ2v) is 24.3. The molecule has 22 nitrogen and oxygen atoms in total. The lowest BCUT2D eigenvalue weighted by Gasteiger charge is -2.38. The molecule has 0 bridgehead atoms. The van der Waals surface area contributed by atoms with E-state index in [0.717, 1.165) is 94.1 Å². The van der Waals surface area contributed by atoms with Crippen molar-refractivity contribution in [2.75, 3.05) is 122 Å². The van der Waals surface area contributed by atoms with E-state index in [2.05, 4.69) is 49.7 Å². The van der Waals surface area contributed by atoms with E-state index in [1.807, 2.05) is 68.1 Å². The number of anilines is 2. The fourth-order valence-corrected chi connectivity index (χ4v) is 13.0. The fourth-order valence-electron chi connectivity index (χ4n) is 12.2. The number of ether oxygens (including phenoxy) is 6. The van der Waals surface area contributed by atoms with E-state index in [0.29, 0.717) is 109 Å². The van der Waals surface area contributed by atoms with Gasteiger partial charge >= 0.3 is 6.01 Å². The van der Waals surface area contributed by atoms with Gasteiger partial charge in [0.25, 0.3) is 0 Å². The molecule has 0 spiro atoms. The largest absolute Gasteiger partial charge is 0.508 e. The van der Waals surface area contributed by atoms with Gasteiger partial charge < -0.3 is 68.1 Å². The molecule has 0 saturated carbocycles. The van der Waals surface area contributed by atoms with Crippen LogP contribution in [0.5, 0.6) is 17.5 Å². The summed E-state index contributed by atoms with van der Waals surface area (Å²) in [6.07, 6.45) is 3.16. The van der Waals surface area contributed by atoms with Crippen molar-refractivity contribution in [3.8, 4) is 28.0 Å². The maximum Gasteiger partial charge on any atom is 0.318 e. The summed E-state index contributed by atoms with van der Waals surface area (Å²) in [7, 11) is 0. The minimum atomic E-state index is -0.855. The number of phenols is 1. The molecule has 3 saturated heterocycles. The number of piperidine rings is 1. The van der Waals surface area contributed by atoms with E-state index in [1.54, 1.807) is 24.6 Å². The Morgan fingerprint density at radius 3 is 2.31 bits per heavy atom. The molecule has 3 aromatic heterocycles. The normalized spacial score (nSPS) is 18.2. The molecule has 23 heteroatoms. The second-order valence-electron chi connectivity index (χ2n) is 23.4. The number of hydrogen-bond donors (Lipinski definition) is 3. The van der Waals surface area contributed by atoms with Gasteiger partial charge in [0, 0.05) is 106 Å². The van der Waals surface area contributed by atoms with Crippen LogP contribution in [0.2, 0.25) is 0 Å². The van der Waals surface area contributed by atoms with Crippen LogP contribution in [0, 0.1) is 19.8 Å². The van der Waals surface area contributed by atoms with Gasteiger partial charge in [0.05, 0.1) is 92.5 Å². The highest BCUT2D eigenvalue weighted by Gasteiger charge is 2.43. The first-order valence-electron chi connectivity index (χ1n) is 30.8. The number of amides is 3. The van der Waals surface area contributed by atoms with Crippen LogP contribution in [0.3, 0.4) is 0 Å². The van der Waals surface area contributed by atoms with Gasteiger partial charge in [0.2, 0.25) is 17.7 Å². The molecular formula is C65H84N10O12S. The SMILES string of the molecule is C=CC(=O)N1CCN(c2nc(O[C@H](C)CN3CCC(OCCOCCOCCOCCOc4cc(-c5scnc5C)ccc4CNC(=O)[C@@H]4C[C@@H](O)CN4C(=O)[C@H](c4cc(C)no4)C(C)C)CC3)nc3c2CCN(c2cc(O)cc4ccccc24)C3)CC1. The first-order valence-corrected chi connectivity index (χ1v) is 31.7. The number of carbonyl (C=O) groups excluding carboxylic acids is 3. The number of rotatable bonds is 28. The number of aryl methyl sites for hydroxylation is 2. The molecule has 3 amide bonds. The van der Waals surface area contributed by atoms with Gasteiger partial charge in [0.1, 0.15) is 47.7 Å². The van der Waals surface area contributed by atoms with Crippen molar-refractivity contribution in [3.05, 3.63) is 113 Å². The third kappa shape index (κ3) is 16.1. The molecule has 10 rings (SSSR count). The van der Waals surface area contributed by atoms with Crippen LogP contribution in [-0.2, 0) is 52.8 Å². The van der Waals surface area contributed by atoms with E-state index in [-0.39, 0.29) is 67.7 Å². The Morgan fingerprint density at radius 2 is 1.60 bits per heavy atom. The number of thiazole rings is 1. The Labute approximate surface area is 518 Å². The number of β-amino-alcohol motifs (C(OH)–C–C–N with tert-alkyl or cyclic N) is 1. The molecule has 0 radical (unpaired) electrons. The average Bonchev–Trinajstić information content (AvgIpc) is 2.15. The first-order chi connectivity index (χ1) is 42.7. The van der Waals surface area contributed by atoms with Crippen LogP contribution >= 0.6 is 11.3 Å². The molecule has 3 N–H and O–H groups in total. The van der Waals surface area contributed by atoms with Crippen molar-refractivity contribution in [2.24, 2.45) is 5.92 Å². The number of phenolic OH excluding ortho intramolecular Hbond substituents is 1. The predicted octanol–water partition coefficient (Wildman–Crippen LogP) is 6.86. The lowest BCUT2D eigenvalue weighted by Crippen LogP contribution is -2.49. The summed E-state index contributed by atoms with van der Waals surface area (Å²) in [5.74, 6) is 0.628. The zero-order chi connectivity index (χ0) is 61.7. The van der Waals surface area contributed by atoms with E-state index in [4.69, 9.17) is 42.9 Å². The number of aromatic nitrogens is 4. The fraction of sp³-hybridized carbons (Fsp3) is 0.523. The van der Waals surface area contributed by atoms with E-state index in [1.165, 1.54) is 22.3 Å². The summed E-state index contributed by atoms with van der Waals surface area (Å²) in [6, 6.07) is 18.8. The van der Waals surface area contributed by atoms with Crippen LogP contribution in [0.15, 0.2) is 83.4 Å². The van der Waals surface area contributed by atoms with Crippen LogP contribution < -0.4 is 24.6 Å². The molecule has 4 aliphatic rings. The summed E-state index contributed by atoms with van der Waals surface area (Å²) in [4.78, 5) is 65.9. The van der Waals surface area contributed by atoms with Crippen molar-refractivity contribution < 1.29 is 57.5 Å². The molecule has 4 aliphatic heterocycles. The number of nitrogens with one attached hydrogen (secondary N) is 1. The summed E-state index contributed by atoms with van der Waals surface area (Å²) >= 11 is 1.54. The number of aromatic hydroxyl groups is 1. The molecule has 4 atom stereocenters. The number of piperazine rings is 1. The molecule has 7 heterocycles. The van der Waals surface area contributed by atoms with Gasteiger partial charge in [-0.1, -0.05) is 62.0 Å². The maximum absolute atomic E-state index is 13.9. The number of carbonyl (C=O) groups is 3. The van der Waals surface area contributed by atoms with Crippen molar-refractivity contribution >= 4 is 51.3 Å². The van der Waals surface area contributed by atoms with Crippen molar-refractivity contribution in [1.29, 1.82) is 0 Å². The number of likely N-dealkylation sites (tertiary alicyclic amines) is 2. The average molecular weight is 1230 g/mol. The Morgan fingerprint density at radius 1 is 0.864 bits per heavy atom. The van der Waals surface area contributed by atoms with Gasteiger partial charge in [-0.3, -0.25) is 19.3 Å². The van der Waals surface area contributed by atoms with E-state index in [9.17, 15) is 24.6 Å². The number of aliphatic hydroxyl groups excluding tert-OH is 1. The molecule has 3 aromatic carbocycles. The Balaban J connectivity index is 0.614. The van der Waals surface area contributed by atoms with Gasteiger partial charge in [-0.2, -0.15) is 9.97 Å².